The zero-order valence-electron chi connectivity index (χ0n) is 17.7. The van der Waals surface area contributed by atoms with Gasteiger partial charge in [-0.05, 0) is 17.2 Å². The number of nitrogens with zero attached hydrogens (tertiary/aromatic N) is 1. The topological polar surface area (TPSA) is 105 Å². The summed E-state index contributed by atoms with van der Waals surface area (Å²) in [6.45, 7) is 1.83. The van der Waals surface area contributed by atoms with Crippen LogP contribution in [0.15, 0.2) is 66.4 Å². The number of carbonyl (C=O) groups is 4. The summed E-state index contributed by atoms with van der Waals surface area (Å²) in [5, 5.41) is 5.22. The highest BCUT2D eigenvalue weighted by Crippen LogP contribution is 2.16. The van der Waals surface area contributed by atoms with Gasteiger partial charge in [0.2, 0.25) is 11.8 Å². The van der Waals surface area contributed by atoms with Crippen LogP contribution in [0.1, 0.15) is 24.5 Å². The van der Waals surface area contributed by atoms with E-state index in [1.165, 1.54) is 11.8 Å². The molecule has 1 fully saturated rings. The molecule has 8 nitrogen and oxygen atoms in total. The predicted molar refractivity (Wildman–Crippen MR) is 118 cm³/mol. The van der Waals surface area contributed by atoms with Crippen molar-refractivity contribution < 1.29 is 23.9 Å². The summed E-state index contributed by atoms with van der Waals surface area (Å²) < 4.78 is 5.29. The zero-order valence-corrected chi connectivity index (χ0v) is 17.7. The molecule has 1 unspecified atom stereocenters. The van der Waals surface area contributed by atoms with Gasteiger partial charge in [0, 0.05) is 20.0 Å². The van der Waals surface area contributed by atoms with Gasteiger partial charge in [-0.25, -0.2) is 0 Å². The molecule has 166 valence electrons. The van der Waals surface area contributed by atoms with Crippen LogP contribution in [0.4, 0.5) is 0 Å². The number of carbonyl (C=O) groups excluding carboxylic acids is 4. The van der Waals surface area contributed by atoms with Gasteiger partial charge in [0.05, 0.1) is 6.42 Å². The number of ether oxygens (including phenoxy) is 1. The van der Waals surface area contributed by atoms with Crippen LogP contribution in [-0.2, 0) is 30.5 Å². The lowest BCUT2D eigenvalue weighted by Gasteiger charge is -2.35. The predicted octanol–water partition coefficient (Wildman–Crippen LogP) is 1.62. The Morgan fingerprint density at radius 3 is 2.41 bits per heavy atom. The molecule has 1 aliphatic heterocycles. The highest BCUT2D eigenvalue weighted by molar-refractivity contribution is 6.03. The third-order valence-corrected chi connectivity index (χ3v) is 4.85. The number of nitrogens with one attached hydrogen (secondary N) is 2. The Morgan fingerprint density at radius 2 is 1.75 bits per heavy atom. The molecular weight excluding hydrogens is 410 g/mol. The van der Waals surface area contributed by atoms with Crippen molar-refractivity contribution in [1.82, 2.24) is 15.5 Å². The normalized spacial score (nSPS) is 16.2. The molecule has 1 heterocycles. The van der Waals surface area contributed by atoms with Crippen molar-refractivity contribution in [3.05, 3.63) is 77.5 Å². The Kier molecular flexibility index (Phi) is 7.75. The van der Waals surface area contributed by atoms with Gasteiger partial charge in [-0.1, -0.05) is 60.7 Å². The summed E-state index contributed by atoms with van der Waals surface area (Å²) in [5.74, 6) is -1.99. The summed E-state index contributed by atoms with van der Waals surface area (Å²) in [5.41, 5.74) is 1.56. The van der Waals surface area contributed by atoms with Gasteiger partial charge in [-0.15, -0.1) is 0 Å². The fraction of sp³-hybridized carbons (Fsp3) is 0.250. The Hall–Kier alpha value is -3.94. The van der Waals surface area contributed by atoms with Crippen molar-refractivity contribution in [1.29, 1.82) is 0 Å². The fourth-order valence-corrected chi connectivity index (χ4v) is 3.33. The van der Waals surface area contributed by atoms with Crippen molar-refractivity contribution in [2.75, 3.05) is 13.1 Å². The van der Waals surface area contributed by atoms with Crippen molar-refractivity contribution in [3.8, 4) is 0 Å². The minimum atomic E-state index is -1.03. The van der Waals surface area contributed by atoms with Gasteiger partial charge in [0.15, 0.2) is 0 Å². The van der Waals surface area contributed by atoms with Crippen LogP contribution in [0.3, 0.4) is 0 Å². The molecule has 8 heteroatoms. The number of hydrogen-bond donors (Lipinski definition) is 2. The Balaban J connectivity index is 1.75. The van der Waals surface area contributed by atoms with Crippen LogP contribution in [0.25, 0.3) is 6.08 Å². The van der Waals surface area contributed by atoms with Crippen LogP contribution < -0.4 is 10.6 Å². The van der Waals surface area contributed by atoms with Gasteiger partial charge in [0.25, 0.3) is 5.91 Å². The van der Waals surface area contributed by atoms with E-state index in [2.05, 4.69) is 10.6 Å². The summed E-state index contributed by atoms with van der Waals surface area (Å²) in [6, 6.07) is 17.2. The van der Waals surface area contributed by atoms with Gasteiger partial charge in [-0.2, -0.15) is 0 Å². The summed E-state index contributed by atoms with van der Waals surface area (Å²) in [7, 11) is 0. The third kappa shape index (κ3) is 6.28. The first-order chi connectivity index (χ1) is 15.4. The van der Waals surface area contributed by atoms with E-state index < -0.39 is 29.7 Å². The molecule has 2 N–H and O–H groups in total. The summed E-state index contributed by atoms with van der Waals surface area (Å²) in [6.07, 6.45) is 1.25. The molecule has 32 heavy (non-hydrogen) atoms. The van der Waals surface area contributed by atoms with Crippen molar-refractivity contribution in [3.63, 3.8) is 0 Å². The first-order valence-electron chi connectivity index (χ1n) is 10.3. The zero-order chi connectivity index (χ0) is 22.9. The maximum atomic E-state index is 13.3. The van der Waals surface area contributed by atoms with E-state index in [0.29, 0.717) is 5.56 Å². The second-order valence-corrected chi connectivity index (χ2v) is 7.31. The lowest BCUT2D eigenvalue weighted by molar-refractivity contribution is -0.152. The SMILES string of the molecule is CC(=O)NC(=Cc1ccccc1)C(=O)N1CCNC(=O)C1CC(=O)OCc1ccccc1. The Bertz CT molecular complexity index is 1000. The summed E-state index contributed by atoms with van der Waals surface area (Å²) >= 11 is 0. The number of esters is 1. The van der Waals surface area contributed by atoms with Crippen molar-refractivity contribution >= 4 is 29.8 Å². The number of piperazine rings is 1. The van der Waals surface area contributed by atoms with E-state index in [0.717, 1.165) is 5.56 Å². The number of rotatable bonds is 7. The third-order valence-electron chi connectivity index (χ3n) is 4.85. The number of amides is 3. The Labute approximate surface area is 186 Å². The molecule has 0 aliphatic carbocycles. The van der Waals surface area contributed by atoms with Gasteiger partial charge >= 0.3 is 5.97 Å². The molecule has 1 aliphatic rings. The molecule has 0 radical (unpaired) electrons. The van der Waals surface area contributed by atoms with E-state index in [1.807, 2.05) is 48.5 Å². The maximum absolute atomic E-state index is 13.3. The van der Waals surface area contributed by atoms with E-state index >= 15 is 0 Å². The van der Waals surface area contributed by atoms with Gasteiger partial charge in [0.1, 0.15) is 18.3 Å². The first kappa shape index (κ1) is 22.7. The van der Waals surface area contributed by atoms with E-state index in [9.17, 15) is 19.2 Å². The van der Waals surface area contributed by atoms with Crippen molar-refractivity contribution in [2.45, 2.75) is 26.0 Å². The highest BCUT2D eigenvalue weighted by Gasteiger charge is 2.36. The van der Waals surface area contributed by atoms with Crippen molar-refractivity contribution in [2.24, 2.45) is 0 Å². The minimum Gasteiger partial charge on any atom is -0.461 e. The van der Waals surface area contributed by atoms with Crippen LogP contribution in [0.5, 0.6) is 0 Å². The molecule has 0 saturated carbocycles. The molecule has 3 rings (SSSR count). The highest BCUT2D eigenvalue weighted by atomic mass is 16.5. The fourth-order valence-electron chi connectivity index (χ4n) is 3.33. The molecule has 1 saturated heterocycles. The van der Waals surface area contributed by atoms with Gasteiger partial charge < -0.3 is 20.3 Å². The van der Waals surface area contributed by atoms with E-state index in [1.54, 1.807) is 18.2 Å². The van der Waals surface area contributed by atoms with Gasteiger partial charge in [-0.3, -0.25) is 19.2 Å². The molecule has 3 amide bonds. The standard InChI is InChI=1S/C24H25N3O5/c1-17(28)26-20(14-18-8-4-2-5-9-18)24(31)27-13-12-25-23(30)21(27)15-22(29)32-16-19-10-6-3-7-11-19/h2-11,14,21H,12-13,15-16H2,1H3,(H,25,30)(H,26,28). The Morgan fingerprint density at radius 1 is 1.09 bits per heavy atom. The summed E-state index contributed by atoms with van der Waals surface area (Å²) in [4.78, 5) is 51.2. The molecule has 2 aromatic rings. The number of benzene rings is 2. The van der Waals surface area contributed by atoms with Crippen LogP contribution in [0, 0.1) is 0 Å². The van der Waals surface area contributed by atoms with Crippen LogP contribution in [-0.4, -0.2) is 47.7 Å². The molecule has 0 spiro atoms. The quantitative estimate of drug-likeness (QED) is 0.508. The molecule has 0 aromatic heterocycles. The van der Waals surface area contributed by atoms with Crippen LogP contribution >= 0.6 is 0 Å². The second-order valence-electron chi connectivity index (χ2n) is 7.31. The lowest BCUT2D eigenvalue weighted by Crippen LogP contribution is -2.58. The molecular formula is C24H25N3O5. The monoisotopic (exact) mass is 435 g/mol. The van der Waals surface area contributed by atoms with E-state index in [-0.39, 0.29) is 31.8 Å². The lowest BCUT2D eigenvalue weighted by atomic mass is 10.1. The van der Waals surface area contributed by atoms with E-state index in [4.69, 9.17) is 4.74 Å². The average molecular weight is 435 g/mol. The van der Waals surface area contributed by atoms with Crippen LogP contribution in [0.2, 0.25) is 0 Å². The molecule has 2 aromatic carbocycles. The maximum Gasteiger partial charge on any atom is 0.308 e. The number of hydrogen-bond acceptors (Lipinski definition) is 5. The first-order valence-corrected chi connectivity index (χ1v) is 10.3. The minimum absolute atomic E-state index is 0.0288. The largest absolute Gasteiger partial charge is 0.461 e. The second kappa shape index (κ2) is 10.9. The average Bonchev–Trinajstić information content (AvgIpc) is 2.79. The molecule has 1 atom stereocenters. The smallest absolute Gasteiger partial charge is 0.308 e. The molecule has 0 bridgehead atoms.